The predicted octanol–water partition coefficient (Wildman–Crippen LogP) is 7.66. The summed E-state index contributed by atoms with van der Waals surface area (Å²) in [5.74, 6) is 0.845. The van der Waals surface area contributed by atoms with Crippen molar-refractivity contribution in [3.8, 4) is 11.3 Å². The first-order chi connectivity index (χ1) is 15.7. The molecule has 0 aliphatic heterocycles. The van der Waals surface area contributed by atoms with Crippen molar-refractivity contribution in [1.29, 1.82) is 0 Å². The molecule has 6 rings (SSSR count). The van der Waals surface area contributed by atoms with Crippen molar-refractivity contribution >= 4 is 32.7 Å². The van der Waals surface area contributed by atoms with E-state index in [1.54, 1.807) is 0 Å². The summed E-state index contributed by atoms with van der Waals surface area (Å²) in [4.78, 5) is 0. The van der Waals surface area contributed by atoms with Gasteiger partial charge in [-0.3, -0.25) is 0 Å². The van der Waals surface area contributed by atoms with Gasteiger partial charge in [0.05, 0.1) is 5.56 Å². The molecule has 2 aromatic heterocycles. The van der Waals surface area contributed by atoms with E-state index in [2.05, 4.69) is 85.4 Å². The van der Waals surface area contributed by atoms with Crippen LogP contribution in [0.5, 0.6) is 0 Å². The normalized spacial score (nSPS) is 15.2. The fraction of sp³-hybridized carbons (Fsp3) is 0.300. The lowest BCUT2D eigenvalue weighted by molar-refractivity contribution is -0.660. The smallest absolute Gasteiger partial charge is 0.212 e. The van der Waals surface area contributed by atoms with E-state index in [0.717, 1.165) is 17.1 Å². The Balaban J connectivity index is 1.46. The Morgan fingerprint density at radius 3 is 2.47 bits per heavy atom. The Labute approximate surface area is 189 Å². The molecule has 0 radical (unpaired) electrons. The van der Waals surface area contributed by atoms with Gasteiger partial charge in [0, 0.05) is 28.5 Å². The number of furan rings is 1. The molecule has 1 saturated carbocycles. The summed E-state index contributed by atoms with van der Waals surface area (Å²) in [7, 11) is 2.15. The molecule has 2 heteroatoms. The molecule has 0 bridgehead atoms. The minimum absolute atomic E-state index is 0.845. The van der Waals surface area contributed by atoms with Gasteiger partial charge in [-0.05, 0) is 59.9 Å². The monoisotopic (exact) mass is 420 g/mol. The zero-order chi connectivity index (χ0) is 21.7. The van der Waals surface area contributed by atoms with Gasteiger partial charge in [-0.2, -0.15) is 0 Å². The summed E-state index contributed by atoms with van der Waals surface area (Å²) >= 11 is 0. The lowest BCUT2D eigenvalue weighted by Gasteiger charge is -2.21. The molecule has 0 spiro atoms. The molecule has 1 fully saturated rings. The van der Waals surface area contributed by atoms with Crippen LogP contribution in [-0.2, 0) is 13.5 Å². The highest BCUT2D eigenvalue weighted by Gasteiger charge is 2.20. The minimum atomic E-state index is 0.845. The molecule has 0 atom stereocenters. The molecule has 0 unspecified atom stereocenters. The summed E-state index contributed by atoms with van der Waals surface area (Å²) in [5, 5.41) is 4.88. The van der Waals surface area contributed by atoms with Gasteiger partial charge in [-0.25, -0.2) is 4.57 Å². The number of aryl methyl sites for hydroxylation is 2. The van der Waals surface area contributed by atoms with Gasteiger partial charge in [-0.1, -0.05) is 56.4 Å². The topological polar surface area (TPSA) is 17.0 Å². The van der Waals surface area contributed by atoms with Gasteiger partial charge in [0.1, 0.15) is 18.2 Å². The first-order valence-corrected chi connectivity index (χ1v) is 12.0. The van der Waals surface area contributed by atoms with Crippen molar-refractivity contribution in [3.63, 3.8) is 0 Å². The van der Waals surface area contributed by atoms with Crippen LogP contribution in [0.15, 0.2) is 71.3 Å². The van der Waals surface area contributed by atoms with Crippen molar-refractivity contribution < 1.29 is 8.98 Å². The number of pyridine rings is 1. The average Bonchev–Trinajstić information content (AvgIpc) is 3.18. The van der Waals surface area contributed by atoms with Crippen LogP contribution >= 0.6 is 0 Å². The maximum Gasteiger partial charge on any atom is 0.212 e. The van der Waals surface area contributed by atoms with Gasteiger partial charge in [-0.15, -0.1) is 0 Å². The number of hydrogen-bond acceptors (Lipinski definition) is 1. The SMILES string of the molecule is Cc1c(-c2cc(CC3CCCCC3)cc[n+]2C)ccc2c1oc1cc3ccccc3cc12. The van der Waals surface area contributed by atoms with Crippen LogP contribution in [0.4, 0.5) is 0 Å². The highest BCUT2D eigenvalue weighted by Crippen LogP contribution is 2.37. The molecule has 1 aliphatic rings. The number of aromatic nitrogens is 1. The van der Waals surface area contributed by atoms with Crippen molar-refractivity contribution in [2.45, 2.75) is 45.4 Å². The number of benzene rings is 3. The van der Waals surface area contributed by atoms with E-state index in [1.165, 1.54) is 82.5 Å². The second-order valence-corrected chi connectivity index (χ2v) is 9.65. The zero-order valence-corrected chi connectivity index (χ0v) is 19.0. The lowest BCUT2D eigenvalue weighted by Crippen LogP contribution is -2.31. The maximum absolute atomic E-state index is 6.44. The lowest BCUT2D eigenvalue weighted by atomic mass is 9.85. The third kappa shape index (κ3) is 3.30. The second kappa shape index (κ2) is 7.78. The van der Waals surface area contributed by atoms with Crippen LogP contribution in [0.1, 0.15) is 43.2 Å². The Morgan fingerprint density at radius 1 is 0.875 bits per heavy atom. The first kappa shape index (κ1) is 19.5. The van der Waals surface area contributed by atoms with Crippen LogP contribution in [0, 0.1) is 12.8 Å². The van der Waals surface area contributed by atoms with Crippen LogP contribution in [0.2, 0.25) is 0 Å². The molecule has 0 amide bonds. The van der Waals surface area contributed by atoms with E-state index in [9.17, 15) is 0 Å². The average molecular weight is 421 g/mol. The Bertz CT molecular complexity index is 1450. The summed E-state index contributed by atoms with van der Waals surface area (Å²) in [6.07, 6.45) is 10.4. The third-order valence-corrected chi connectivity index (χ3v) is 7.50. The van der Waals surface area contributed by atoms with E-state index in [0.29, 0.717) is 0 Å². The van der Waals surface area contributed by atoms with E-state index in [1.807, 2.05) is 0 Å². The number of rotatable bonds is 3. The fourth-order valence-electron chi connectivity index (χ4n) is 5.67. The minimum Gasteiger partial charge on any atom is -0.456 e. The highest BCUT2D eigenvalue weighted by molar-refractivity contribution is 6.11. The fourth-order valence-corrected chi connectivity index (χ4v) is 5.67. The van der Waals surface area contributed by atoms with Crippen molar-refractivity contribution in [2.75, 3.05) is 0 Å². The van der Waals surface area contributed by atoms with Gasteiger partial charge in [0.25, 0.3) is 0 Å². The van der Waals surface area contributed by atoms with Crippen LogP contribution in [0.3, 0.4) is 0 Å². The molecule has 2 nitrogen and oxygen atoms in total. The summed E-state index contributed by atoms with van der Waals surface area (Å²) in [5.41, 5.74) is 7.17. The highest BCUT2D eigenvalue weighted by atomic mass is 16.3. The van der Waals surface area contributed by atoms with Crippen molar-refractivity contribution in [1.82, 2.24) is 0 Å². The van der Waals surface area contributed by atoms with Crippen LogP contribution in [0.25, 0.3) is 44.0 Å². The quantitative estimate of drug-likeness (QED) is 0.274. The molecule has 0 N–H and O–H groups in total. The van der Waals surface area contributed by atoms with E-state index in [4.69, 9.17) is 4.42 Å². The van der Waals surface area contributed by atoms with Crippen LogP contribution < -0.4 is 4.57 Å². The zero-order valence-electron chi connectivity index (χ0n) is 19.0. The molecule has 32 heavy (non-hydrogen) atoms. The second-order valence-electron chi connectivity index (χ2n) is 9.65. The molecular weight excluding hydrogens is 390 g/mol. The molecule has 160 valence electrons. The largest absolute Gasteiger partial charge is 0.456 e. The summed E-state index contributed by atoms with van der Waals surface area (Å²) < 4.78 is 8.68. The molecule has 1 aliphatic carbocycles. The number of nitrogens with zero attached hydrogens (tertiary/aromatic N) is 1. The summed E-state index contributed by atoms with van der Waals surface area (Å²) in [6, 6.07) is 22.2. The van der Waals surface area contributed by atoms with E-state index >= 15 is 0 Å². The standard InChI is InChI=1S/C30H30NO/c1-20-25(28-17-22(14-15-31(28)2)16-21-8-4-3-5-9-21)12-13-26-27-18-23-10-6-7-11-24(23)19-29(27)32-30(20)26/h6-7,10-15,17-19,21H,3-5,8-9,16H2,1-2H3/q+1. The van der Waals surface area contributed by atoms with Crippen molar-refractivity contribution in [3.05, 3.63) is 78.0 Å². The molecule has 0 saturated heterocycles. The predicted molar refractivity (Wildman–Crippen MR) is 133 cm³/mol. The Morgan fingerprint density at radius 2 is 1.66 bits per heavy atom. The van der Waals surface area contributed by atoms with E-state index < -0.39 is 0 Å². The number of fused-ring (bicyclic) bond motifs is 4. The van der Waals surface area contributed by atoms with Gasteiger partial charge >= 0.3 is 0 Å². The first-order valence-electron chi connectivity index (χ1n) is 12.0. The molecule has 3 aromatic carbocycles. The van der Waals surface area contributed by atoms with Crippen LogP contribution in [-0.4, -0.2) is 0 Å². The summed E-state index contributed by atoms with van der Waals surface area (Å²) in [6.45, 7) is 2.20. The number of hydrogen-bond donors (Lipinski definition) is 0. The van der Waals surface area contributed by atoms with Crippen molar-refractivity contribution in [2.24, 2.45) is 13.0 Å². The van der Waals surface area contributed by atoms with Gasteiger partial charge < -0.3 is 4.42 Å². The Kier molecular flexibility index (Phi) is 4.75. The molecular formula is C30H30NO+. The molecule has 5 aromatic rings. The van der Waals surface area contributed by atoms with E-state index in [-0.39, 0.29) is 0 Å². The Hall–Kier alpha value is -3.13. The third-order valence-electron chi connectivity index (χ3n) is 7.50. The molecule has 2 heterocycles. The van der Waals surface area contributed by atoms with Gasteiger partial charge in [0.2, 0.25) is 5.69 Å². The maximum atomic E-state index is 6.44. The van der Waals surface area contributed by atoms with Gasteiger partial charge in [0.15, 0.2) is 6.20 Å².